The summed E-state index contributed by atoms with van der Waals surface area (Å²) in [6.45, 7) is 0. The number of nitrogens with zero attached hydrogens (tertiary/aromatic N) is 2. The van der Waals surface area contributed by atoms with Gasteiger partial charge in [-0.3, -0.25) is 9.59 Å². The van der Waals surface area contributed by atoms with Gasteiger partial charge >= 0.3 is 0 Å². The number of nitrogens with one attached hydrogen (secondary N) is 1. The Kier molecular flexibility index (Phi) is 3.84. The van der Waals surface area contributed by atoms with Crippen molar-refractivity contribution in [2.75, 3.05) is 0 Å². The second-order valence-corrected chi connectivity index (χ2v) is 6.30. The Balaban J connectivity index is 1.97. The highest BCUT2D eigenvalue weighted by Gasteiger charge is 2.18. The zero-order valence-corrected chi connectivity index (χ0v) is 14.8. The number of aryl methyl sites for hydroxylation is 2. The third-order valence-electron chi connectivity index (χ3n) is 4.46. The minimum atomic E-state index is -0.307. The van der Waals surface area contributed by atoms with Gasteiger partial charge in [-0.15, -0.1) is 0 Å². The summed E-state index contributed by atoms with van der Waals surface area (Å²) < 4.78 is 8.78. The van der Waals surface area contributed by atoms with Crippen molar-refractivity contribution < 1.29 is 9.84 Å². The van der Waals surface area contributed by atoms with Gasteiger partial charge in [0.25, 0.3) is 11.1 Å². The second kappa shape index (κ2) is 6.21. The molecule has 3 heterocycles. The lowest BCUT2D eigenvalue weighted by atomic mass is 10.0. The number of aromatic nitrogens is 3. The molecule has 1 aromatic carbocycles. The van der Waals surface area contributed by atoms with E-state index in [1.54, 1.807) is 57.0 Å². The van der Waals surface area contributed by atoms with Gasteiger partial charge in [-0.05, 0) is 36.4 Å². The molecule has 4 aromatic rings. The molecule has 4 rings (SSSR count). The zero-order chi connectivity index (χ0) is 19.1. The molecule has 0 saturated heterocycles. The fourth-order valence-corrected chi connectivity index (χ4v) is 3.03. The fourth-order valence-electron chi connectivity index (χ4n) is 3.03. The first-order chi connectivity index (χ1) is 13.0. The molecule has 0 aliphatic heterocycles. The SMILES string of the molecule is Cn1ccc(-c2cn(C)c(=O)c3[nH]ccc23)c(Oc2ccc(O)cc2)c1=O. The summed E-state index contributed by atoms with van der Waals surface area (Å²) >= 11 is 0. The fraction of sp³-hybridized carbons (Fsp3) is 0.100. The Labute approximate surface area is 153 Å². The molecule has 27 heavy (non-hydrogen) atoms. The molecule has 136 valence electrons. The lowest BCUT2D eigenvalue weighted by molar-refractivity contribution is 0.459. The van der Waals surface area contributed by atoms with E-state index >= 15 is 0 Å². The Hall–Kier alpha value is -3.74. The van der Waals surface area contributed by atoms with Crippen LogP contribution in [0.2, 0.25) is 0 Å². The Morgan fingerprint density at radius 3 is 2.41 bits per heavy atom. The monoisotopic (exact) mass is 363 g/mol. The predicted molar refractivity (Wildman–Crippen MR) is 102 cm³/mol. The van der Waals surface area contributed by atoms with Crippen molar-refractivity contribution in [2.45, 2.75) is 0 Å². The van der Waals surface area contributed by atoms with Crippen LogP contribution in [-0.2, 0) is 14.1 Å². The first-order valence-corrected chi connectivity index (χ1v) is 8.29. The number of fused-ring (bicyclic) bond motifs is 1. The molecule has 2 N–H and O–H groups in total. The number of hydrogen-bond acceptors (Lipinski definition) is 4. The highest BCUT2D eigenvalue weighted by Crippen LogP contribution is 2.34. The number of hydrogen-bond donors (Lipinski definition) is 2. The number of benzene rings is 1. The van der Waals surface area contributed by atoms with Crippen LogP contribution in [0.5, 0.6) is 17.2 Å². The zero-order valence-electron chi connectivity index (χ0n) is 14.8. The van der Waals surface area contributed by atoms with Crippen LogP contribution in [0, 0.1) is 0 Å². The second-order valence-electron chi connectivity index (χ2n) is 6.30. The van der Waals surface area contributed by atoms with Crippen LogP contribution in [0.4, 0.5) is 0 Å². The van der Waals surface area contributed by atoms with E-state index in [2.05, 4.69) is 4.98 Å². The molecule has 0 amide bonds. The van der Waals surface area contributed by atoms with Crippen molar-refractivity contribution in [3.8, 4) is 28.4 Å². The van der Waals surface area contributed by atoms with E-state index in [1.165, 1.54) is 21.3 Å². The van der Waals surface area contributed by atoms with Gasteiger partial charge in [0.15, 0.2) is 5.75 Å². The van der Waals surface area contributed by atoms with Crippen molar-refractivity contribution in [1.82, 2.24) is 14.1 Å². The number of H-pyrrole nitrogens is 1. The van der Waals surface area contributed by atoms with E-state index in [0.29, 0.717) is 27.8 Å². The van der Waals surface area contributed by atoms with Gasteiger partial charge in [-0.25, -0.2) is 0 Å². The number of ether oxygens (including phenoxy) is 1. The quantitative estimate of drug-likeness (QED) is 0.586. The highest BCUT2D eigenvalue weighted by molar-refractivity contribution is 5.95. The van der Waals surface area contributed by atoms with Gasteiger partial charge in [-0.2, -0.15) is 0 Å². The number of phenols is 1. The summed E-state index contributed by atoms with van der Waals surface area (Å²) in [5.74, 6) is 0.676. The van der Waals surface area contributed by atoms with Crippen molar-refractivity contribution in [2.24, 2.45) is 14.1 Å². The van der Waals surface area contributed by atoms with Crippen LogP contribution in [0.3, 0.4) is 0 Å². The minimum absolute atomic E-state index is 0.107. The summed E-state index contributed by atoms with van der Waals surface area (Å²) in [6.07, 6.45) is 5.04. The van der Waals surface area contributed by atoms with Crippen LogP contribution in [0.1, 0.15) is 0 Å². The maximum Gasteiger partial charge on any atom is 0.293 e. The van der Waals surface area contributed by atoms with E-state index < -0.39 is 0 Å². The molecule has 0 fully saturated rings. The average molecular weight is 363 g/mol. The van der Waals surface area contributed by atoms with Crippen LogP contribution < -0.4 is 15.9 Å². The van der Waals surface area contributed by atoms with Gasteiger partial charge in [-0.1, -0.05) is 0 Å². The van der Waals surface area contributed by atoms with E-state index in [-0.39, 0.29) is 22.6 Å². The molecule has 0 saturated carbocycles. The van der Waals surface area contributed by atoms with Crippen LogP contribution >= 0.6 is 0 Å². The van der Waals surface area contributed by atoms with Crippen molar-refractivity contribution in [1.29, 1.82) is 0 Å². The maximum atomic E-state index is 12.8. The van der Waals surface area contributed by atoms with E-state index in [1.807, 2.05) is 0 Å². The normalized spacial score (nSPS) is 11.0. The van der Waals surface area contributed by atoms with Crippen molar-refractivity contribution >= 4 is 10.9 Å². The summed E-state index contributed by atoms with van der Waals surface area (Å²) in [5.41, 5.74) is 1.29. The Bertz CT molecular complexity index is 1260. The molecule has 0 spiro atoms. The Morgan fingerprint density at radius 2 is 1.67 bits per heavy atom. The largest absolute Gasteiger partial charge is 0.508 e. The van der Waals surface area contributed by atoms with Crippen LogP contribution in [0.15, 0.2) is 64.6 Å². The molecule has 7 nitrogen and oxygen atoms in total. The molecule has 7 heteroatoms. The summed E-state index contributed by atoms with van der Waals surface area (Å²) in [4.78, 5) is 28.0. The summed E-state index contributed by atoms with van der Waals surface area (Å²) in [5, 5.41) is 10.2. The predicted octanol–water partition coefficient (Wildman–Crippen LogP) is 2.73. The number of aromatic hydroxyl groups is 1. The van der Waals surface area contributed by atoms with E-state index in [4.69, 9.17) is 4.74 Å². The highest BCUT2D eigenvalue weighted by atomic mass is 16.5. The number of phenolic OH excluding ortho intramolecular Hbond substituents is 1. The van der Waals surface area contributed by atoms with E-state index in [9.17, 15) is 14.7 Å². The lowest BCUT2D eigenvalue weighted by Crippen LogP contribution is -2.19. The molecule has 0 atom stereocenters. The van der Waals surface area contributed by atoms with Gasteiger partial charge in [0.05, 0.1) is 0 Å². The maximum absolute atomic E-state index is 12.8. The lowest BCUT2D eigenvalue weighted by Gasteiger charge is -2.14. The van der Waals surface area contributed by atoms with Gasteiger partial charge in [0.1, 0.15) is 17.0 Å². The molecule has 0 aliphatic carbocycles. The van der Waals surface area contributed by atoms with Crippen molar-refractivity contribution in [3.05, 3.63) is 75.7 Å². The first kappa shape index (κ1) is 16.7. The van der Waals surface area contributed by atoms with Gasteiger partial charge in [0, 0.05) is 49.2 Å². The van der Waals surface area contributed by atoms with E-state index in [0.717, 1.165) is 0 Å². The topological polar surface area (TPSA) is 89.2 Å². The molecule has 3 aromatic heterocycles. The van der Waals surface area contributed by atoms with Gasteiger partial charge in [0.2, 0.25) is 0 Å². The van der Waals surface area contributed by atoms with Crippen LogP contribution in [-0.4, -0.2) is 19.2 Å². The summed E-state index contributed by atoms with van der Waals surface area (Å²) in [7, 11) is 3.30. The molecular weight excluding hydrogens is 346 g/mol. The number of aromatic amines is 1. The first-order valence-electron chi connectivity index (χ1n) is 8.29. The van der Waals surface area contributed by atoms with Crippen LogP contribution in [0.25, 0.3) is 22.0 Å². The molecule has 0 aliphatic rings. The molecular formula is C20H17N3O4. The number of rotatable bonds is 3. The third-order valence-corrected chi connectivity index (χ3v) is 4.46. The standard InChI is InChI=1S/C20H17N3O4/c1-22-10-8-15(16-11-23(2)19(25)17-14(16)7-9-21-17)18(20(22)26)27-13-5-3-12(24)4-6-13/h3-11,21,24H,1-2H3. The minimum Gasteiger partial charge on any atom is -0.508 e. The smallest absolute Gasteiger partial charge is 0.293 e. The van der Waals surface area contributed by atoms with Crippen molar-refractivity contribution in [3.63, 3.8) is 0 Å². The molecule has 0 radical (unpaired) electrons. The Morgan fingerprint density at radius 1 is 0.926 bits per heavy atom. The summed E-state index contributed by atoms with van der Waals surface area (Å²) in [6, 6.07) is 9.71. The average Bonchev–Trinajstić information content (AvgIpc) is 3.14. The number of pyridine rings is 2. The third kappa shape index (κ3) is 2.79. The molecule has 0 unspecified atom stereocenters. The molecule has 0 bridgehead atoms. The van der Waals surface area contributed by atoms with Gasteiger partial charge < -0.3 is 24.0 Å².